The van der Waals surface area contributed by atoms with Gasteiger partial charge in [0.05, 0.1) is 23.0 Å². The number of hydrogen-bond acceptors (Lipinski definition) is 7. The molecule has 0 radical (unpaired) electrons. The summed E-state index contributed by atoms with van der Waals surface area (Å²) in [6, 6.07) is 10.9. The minimum Gasteiger partial charge on any atom is -0.354 e. The largest absolute Gasteiger partial charge is 0.416 e. The van der Waals surface area contributed by atoms with E-state index in [-0.39, 0.29) is 53.4 Å². The Balaban J connectivity index is 1.52. The molecule has 0 unspecified atom stereocenters. The Morgan fingerprint density at radius 2 is 1.60 bits per heavy atom. The highest BCUT2D eigenvalue weighted by Crippen LogP contribution is 2.51. The predicted octanol–water partition coefficient (Wildman–Crippen LogP) is 6.34. The Kier molecular flexibility index (Phi) is 7.15. The molecule has 2 aromatic heterocycles. The van der Waals surface area contributed by atoms with Crippen molar-refractivity contribution in [2.45, 2.75) is 37.3 Å². The van der Waals surface area contributed by atoms with Crippen LogP contribution in [0.25, 0.3) is 22.3 Å². The van der Waals surface area contributed by atoms with Gasteiger partial charge in [0.25, 0.3) is 0 Å². The standard InChI is InChI=1S/C26H21F7N6O2S/c1-42(40,41)39-18-11-14(10-16(12-18)25(28,29)30)13-34-23-36-20-7-6-19(15-2-4-17(27)5-3-15)35-21(20)22(37-23)38-24(8-9-24)26(31,32)33/h2-7,10-12,39H,8-9,13H2,1H3,(H2,34,36,37,38). The van der Waals surface area contributed by atoms with Gasteiger partial charge < -0.3 is 10.6 Å². The quantitative estimate of drug-likeness (QED) is 0.199. The zero-order valence-corrected chi connectivity index (χ0v) is 22.3. The first-order chi connectivity index (χ1) is 19.5. The van der Waals surface area contributed by atoms with Crippen molar-refractivity contribution in [1.82, 2.24) is 15.0 Å². The van der Waals surface area contributed by atoms with E-state index < -0.39 is 39.3 Å². The van der Waals surface area contributed by atoms with Gasteiger partial charge in [0.1, 0.15) is 16.9 Å². The number of nitrogens with one attached hydrogen (secondary N) is 3. The van der Waals surface area contributed by atoms with Crippen LogP contribution in [0.5, 0.6) is 0 Å². The van der Waals surface area contributed by atoms with Crippen molar-refractivity contribution in [3.8, 4) is 11.3 Å². The minimum atomic E-state index is -4.79. The van der Waals surface area contributed by atoms with Gasteiger partial charge in [-0.1, -0.05) is 0 Å². The lowest BCUT2D eigenvalue weighted by molar-refractivity contribution is -0.151. The van der Waals surface area contributed by atoms with Crippen LogP contribution in [0.4, 0.5) is 48.2 Å². The van der Waals surface area contributed by atoms with E-state index in [0.717, 1.165) is 12.3 Å². The van der Waals surface area contributed by atoms with E-state index in [1.807, 2.05) is 4.72 Å². The molecule has 1 aliphatic rings. The fourth-order valence-corrected chi connectivity index (χ4v) is 4.75. The van der Waals surface area contributed by atoms with Gasteiger partial charge in [0.15, 0.2) is 5.82 Å². The molecule has 0 saturated heterocycles. The fraction of sp³-hybridized carbons (Fsp3) is 0.269. The third kappa shape index (κ3) is 6.48. The van der Waals surface area contributed by atoms with E-state index in [1.54, 1.807) is 0 Å². The van der Waals surface area contributed by atoms with Crippen molar-refractivity contribution in [2.75, 3.05) is 21.6 Å². The van der Waals surface area contributed by atoms with Gasteiger partial charge in [-0.15, -0.1) is 0 Å². The summed E-state index contributed by atoms with van der Waals surface area (Å²) in [7, 11) is -3.89. The maximum absolute atomic E-state index is 13.8. The summed E-state index contributed by atoms with van der Waals surface area (Å²) in [4.78, 5) is 12.9. The van der Waals surface area contributed by atoms with Crippen LogP contribution in [0.2, 0.25) is 0 Å². The molecule has 2 heterocycles. The number of rotatable bonds is 8. The van der Waals surface area contributed by atoms with Gasteiger partial charge in [-0.3, -0.25) is 4.72 Å². The first kappa shape index (κ1) is 29.3. The highest BCUT2D eigenvalue weighted by Gasteiger charge is 2.64. The molecule has 16 heteroatoms. The van der Waals surface area contributed by atoms with Crippen LogP contribution in [0.15, 0.2) is 54.6 Å². The zero-order chi connectivity index (χ0) is 30.5. The lowest BCUT2D eigenvalue weighted by Gasteiger charge is -2.22. The highest BCUT2D eigenvalue weighted by molar-refractivity contribution is 7.92. The Labute approximate surface area is 234 Å². The molecule has 8 nitrogen and oxygen atoms in total. The molecular weight excluding hydrogens is 593 g/mol. The molecule has 0 atom stereocenters. The van der Waals surface area contributed by atoms with Crippen LogP contribution in [0.3, 0.4) is 0 Å². The Morgan fingerprint density at radius 1 is 0.905 bits per heavy atom. The van der Waals surface area contributed by atoms with E-state index in [0.29, 0.717) is 17.3 Å². The lowest BCUT2D eigenvalue weighted by atomic mass is 10.1. The molecule has 2 aromatic carbocycles. The number of sulfonamides is 1. The Morgan fingerprint density at radius 3 is 2.19 bits per heavy atom. The number of halogens is 7. The van der Waals surface area contributed by atoms with E-state index in [1.165, 1.54) is 42.5 Å². The van der Waals surface area contributed by atoms with Crippen LogP contribution >= 0.6 is 0 Å². The number of alkyl halides is 6. The van der Waals surface area contributed by atoms with Gasteiger partial charge >= 0.3 is 12.4 Å². The summed E-state index contributed by atoms with van der Waals surface area (Å²) in [5.74, 6) is -0.958. The lowest BCUT2D eigenvalue weighted by Crippen LogP contribution is -2.39. The van der Waals surface area contributed by atoms with Crippen molar-refractivity contribution in [3.63, 3.8) is 0 Å². The predicted molar refractivity (Wildman–Crippen MR) is 142 cm³/mol. The van der Waals surface area contributed by atoms with E-state index in [9.17, 15) is 39.2 Å². The summed E-state index contributed by atoms with van der Waals surface area (Å²) in [6.07, 6.45) is -9.02. The molecule has 0 bridgehead atoms. The summed E-state index contributed by atoms with van der Waals surface area (Å²) in [6.45, 7) is -0.335. The van der Waals surface area contributed by atoms with Crippen molar-refractivity contribution >= 4 is 38.5 Å². The first-order valence-electron chi connectivity index (χ1n) is 12.2. The van der Waals surface area contributed by atoms with Gasteiger partial charge in [-0.05, 0) is 73.0 Å². The van der Waals surface area contributed by atoms with Crippen LogP contribution in [0, 0.1) is 5.82 Å². The number of aromatic nitrogens is 3. The maximum Gasteiger partial charge on any atom is 0.416 e. The Hall–Kier alpha value is -4.21. The summed E-state index contributed by atoms with van der Waals surface area (Å²) >= 11 is 0. The molecule has 0 spiro atoms. The number of fused-ring (bicyclic) bond motifs is 1. The van der Waals surface area contributed by atoms with Gasteiger partial charge in [-0.25, -0.2) is 22.8 Å². The normalized spacial score (nSPS) is 15.0. The average Bonchev–Trinajstić information content (AvgIpc) is 3.67. The first-order valence-corrected chi connectivity index (χ1v) is 14.1. The molecule has 1 aliphatic carbocycles. The topological polar surface area (TPSA) is 109 Å². The van der Waals surface area contributed by atoms with Gasteiger partial charge in [0.2, 0.25) is 16.0 Å². The third-order valence-corrected chi connectivity index (χ3v) is 7.01. The monoisotopic (exact) mass is 614 g/mol. The fourth-order valence-electron chi connectivity index (χ4n) is 4.20. The highest BCUT2D eigenvalue weighted by atomic mass is 32.2. The van der Waals surface area contributed by atoms with Crippen molar-refractivity contribution < 1.29 is 39.2 Å². The molecule has 0 aliphatic heterocycles. The molecule has 222 valence electrons. The van der Waals surface area contributed by atoms with Crippen LogP contribution in [-0.2, 0) is 22.7 Å². The van der Waals surface area contributed by atoms with E-state index >= 15 is 0 Å². The molecule has 1 saturated carbocycles. The van der Waals surface area contributed by atoms with Crippen LogP contribution < -0.4 is 15.4 Å². The number of pyridine rings is 1. The average molecular weight is 615 g/mol. The van der Waals surface area contributed by atoms with Crippen LogP contribution in [0.1, 0.15) is 24.0 Å². The van der Waals surface area contributed by atoms with Crippen molar-refractivity contribution in [3.05, 3.63) is 71.5 Å². The van der Waals surface area contributed by atoms with Crippen molar-refractivity contribution in [2.24, 2.45) is 0 Å². The maximum atomic E-state index is 13.8. The summed E-state index contributed by atoms with van der Waals surface area (Å²) in [5, 5.41) is 5.14. The number of hydrogen-bond donors (Lipinski definition) is 3. The van der Waals surface area contributed by atoms with Gasteiger partial charge in [-0.2, -0.15) is 31.3 Å². The Bertz CT molecular complexity index is 1760. The molecule has 42 heavy (non-hydrogen) atoms. The van der Waals surface area contributed by atoms with E-state index in [2.05, 4.69) is 25.6 Å². The molecular formula is C26H21F7N6O2S. The zero-order valence-electron chi connectivity index (χ0n) is 21.5. The second-order valence-electron chi connectivity index (χ2n) is 9.82. The number of benzene rings is 2. The SMILES string of the molecule is CS(=O)(=O)Nc1cc(CNc2nc(NC3(C(F)(F)F)CC3)c3nc(-c4ccc(F)cc4)ccc3n2)cc(C(F)(F)F)c1. The molecule has 4 aromatic rings. The van der Waals surface area contributed by atoms with E-state index in [4.69, 9.17) is 0 Å². The second kappa shape index (κ2) is 10.3. The second-order valence-corrected chi connectivity index (χ2v) is 11.6. The van der Waals surface area contributed by atoms with Gasteiger partial charge in [0, 0.05) is 17.8 Å². The number of nitrogens with zero attached hydrogens (tertiary/aromatic N) is 3. The van der Waals surface area contributed by atoms with Crippen molar-refractivity contribution in [1.29, 1.82) is 0 Å². The minimum absolute atomic E-state index is 0.00314. The molecule has 5 rings (SSSR count). The summed E-state index contributed by atoms with van der Waals surface area (Å²) in [5.41, 5.74) is -2.75. The summed E-state index contributed by atoms with van der Waals surface area (Å²) < 4.78 is 120. The van der Waals surface area contributed by atoms with Crippen LogP contribution in [-0.4, -0.2) is 41.3 Å². The molecule has 0 amide bonds. The third-order valence-electron chi connectivity index (χ3n) is 6.41. The smallest absolute Gasteiger partial charge is 0.354 e. The number of anilines is 3. The molecule has 1 fully saturated rings. The molecule has 3 N–H and O–H groups in total.